The van der Waals surface area contributed by atoms with Crippen LogP contribution in [0, 0.1) is 0 Å². The third-order valence-electron chi connectivity index (χ3n) is 3.63. The van der Waals surface area contributed by atoms with Crippen molar-refractivity contribution in [1.29, 1.82) is 0 Å². The van der Waals surface area contributed by atoms with E-state index in [1.807, 2.05) is 0 Å². The van der Waals surface area contributed by atoms with Gasteiger partial charge in [-0.05, 0) is 5.56 Å². The number of benzene rings is 1. The van der Waals surface area contributed by atoms with Gasteiger partial charge in [0.1, 0.15) is 11.3 Å². The number of rotatable bonds is 4. The van der Waals surface area contributed by atoms with E-state index in [0.29, 0.717) is 5.56 Å². The molecule has 2 N–H and O–H groups in total. The van der Waals surface area contributed by atoms with Crippen molar-refractivity contribution in [3.05, 3.63) is 64.2 Å². The first-order chi connectivity index (χ1) is 11.5. The molecule has 3 rings (SSSR count). The van der Waals surface area contributed by atoms with Crippen LogP contribution in [0.5, 0.6) is 0 Å². The van der Waals surface area contributed by atoms with Gasteiger partial charge >= 0.3 is 11.9 Å². The van der Waals surface area contributed by atoms with Crippen molar-refractivity contribution in [2.24, 2.45) is 0 Å². The highest BCUT2D eigenvalue weighted by Gasteiger charge is 2.27. The minimum atomic E-state index is -1.13. The smallest absolute Gasteiger partial charge is 0.341 e. The SMILES string of the molecule is COC(=O)c1cn([C@H](C(=O)O)c2ccccc2)cc2c(=O)[nH]nc1-2. The lowest BCUT2D eigenvalue weighted by molar-refractivity contribution is -0.139. The first kappa shape index (κ1) is 15.5. The minimum Gasteiger partial charge on any atom is -0.479 e. The van der Waals surface area contributed by atoms with Crippen LogP contribution < -0.4 is 5.56 Å². The number of pyridine rings is 1. The molecule has 0 amide bonds. The van der Waals surface area contributed by atoms with Gasteiger partial charge in [0.2, 0.25) is 0 Å². The summed E-state index contributed by atoms with van der Waals surface area (Å²) in [6, 6.07) is 7.39. The second-order valence-electron chi connectivity index (χ2n) is 5.08. The van der Waals surface area contributed by atoms with Crippen LogP contribution in [0.2, 0.25) is 0 Å². The van der Waals surface area contributed by atoms with Gasteiger partial charge < -0.3 is 14.4 Å². The largest absolute Gasteiger partial charge is 0.479 e. The highest BCUT2D eigenvalue weighted by atomic mass is 16.5. The van der Waals surface area contributed by atoms with Gasteiger partial charge in [-0.25, -0.2) is 14.7 Å². The summed E-state index contributed by atoms with van der Waals surface area (Å²) in [5, 5.41) is 15.7. The molecule has 0 unspecified atom stereocenters. The number of carboxylic acid groups (broad SMARTS) is 1. The van der Waals surface area contributed by atoms with Crippen LogP contribution in [-0.4, -0.2) is 38.9 Å². The molecule has 24 heavy (non-hydrogen) atoms. The van der Waals surface area contributed by atoms with Crippen molar-refractivity contribution in [2.45, 2.75) is 6.04 Å². The lowest BCUT2D eigenvalue weighted by Crippen LogP contribution is -2.22. The molecule has 0 aromatic heterocycles. The van der Waals surface area contributed by atoms with Crippen molar-refractivity contribution < 1.29 is 19.4 Å². The maximum Gasteiger partial charge on any atom is 0.341 e. The molecule has 0 fully saturated rings. The van der Waals surface area contributed by atoms with E-state index in [2.05, 4.69) is 10.2 Å². The molecule has 8 nitrogen and oxygen atoms in total. The molecule has 0 bridgehead atoms. The molecule has 122 valence electrons. The molecule has 0 saturated carbocycles. The van der Waals surface area contributed by atoms with Crippen molar-refractivity contribution in [2.75, 3.05) is 7.11 Å². The third kappa shape index (κ3) is 2.54. The lowest BCUT2D eigenvalue weighted by atomic mass is 10.0. The van der Waals surface area contributed by atoms with Gasteiger partial charge in [-0.15, -0.1) is 0 Å². The predicted molar refractivity (Wildman–Crippen MR) is 83.0 cm³/mol. The number of aromatic nitrogens is 3. The number of ether oxygens (including phenoxy) is 1. The molecule has 0 radical (unpaired) electrons. The van der Waals surface area contributed by atoms with Gasteiger partial charge in [0.15, 0.2) is 6.04 Å². The number of aromatic amines is 1. The van der Waals surface area contributed by atoms with Gasteiger partial charge in [-0.3, -0.25) is 4.79 Å². The van der Waals surface area contributed by atoms with E-state index in [-0.39, 0.29) is 16.8 Å². The molecule has 1 atom stereocenters. The summed E-state index contributed by atoms with van der Waals surface area (Å²) in [5.41, 5.74) is 0.249. The molecule has 1 aromatic rings. The second-order valence-corrected chi connectivity index (χ2v) is 5.08. The number of carbonyl (C=O) groups excluding carboxylic acids is 1. The normalized spacial score (nSPS) is 12.0. The van der Waals surface area contributed by atoms with Crippen LogP contribution in [0.4, 0.5) is 0 Å². The quantitative estimate of drug-likeness (QED) is 0.694. The zero-order valence-corrected chi connectivity index (χ0v) is 12.6. The predicted octanol–water partition coefficient (Wildman–Crippen LogP) is 1.14. The Balaban J connectivity index is 2.26. The summed E-state index contributed by atoms with van der Waals surface area (Å²) in [5.74, 6) is -1.84. The highest BCUT2D eigenvalue weighted by molar-refractivity contribution is 5.96. The third-order valence-corrected chi connectivity index (χ3v) is 3.63. The summed E-state index contributed by atoms with van der Waals surface area (Å²) in [6.45, 7) is 0. The molecule has 2 aliphatic heterocycles. The van der Waals surface area contributed by atoms with Crippen LogP contribution in [0.15, 0.2) is 47.5 Å². The van der Waals surface area contributed by atoms with E-state index in [4.69, 9.17) is 4.74 Å². The number of hydrogen-bond donors (Lipinski definition) is 2. The van der Waals surface area contributed by atoms with E-state index < -0.39 is 23.5 Å². The molecule has 2 aliphatic rings. The van der Waals surface area contributed by atoms with Crippen LogP contribution >= 0.6 is 0 Å². The number of carbonyl (C=O) groups is 2. The van der Waals surface area contributed by atoms with Crippen LogP contribution in [0.1, 0.15) is 22.0 Å². The first-order valence-corrected chi connectivity index (χ1v) is 6.99. The van der Waals surface area contributed by atoms with Gasteiger partial charge in [0.25, 0.3) is 5.56 Å². The van der Waals surface area contributed by atoms with Gasteiger partial charge in [-0.2, -0.15) is 5.10 Å². The first-order valence-electron chi connectivity index (χ1n) is 6.99. The van der Waals surface area contributed by atoms with Crippen molar-refractivity contribution in [3.63, 3.8) is 0 Å². The number of nitrogens with one attached hydrogen (secondary N) is 1. The average Bonchev–Trinajstić information content (AvgIpc) is 2.96. The molecule has 0 spiro atoms. The number of hydrogen-bond acceptors (Lipinski definition) is 5. The Morgan fingerprint density at radius 1 is 1.25 bits per heavy atom. The van der Waals surface area contributed by atoms with E-state index in [9.17, 15) is 19.5 Å². The molecule has 1 aromatic carbocycles. The van der Waals surface area contributed by atoms with Crippen LogP contribution in [-0.2, 0) is 9.53 Å². The number of carboxylic acids is 1. The van der Waals surface area contributed by atoms with E-state index in [1.54, 1.807) is 30.3 Å². The topological polar surface area (TPSA) is 114 Å². The highest BCUT2D eigenvalue weighted by Crippen LogP contribution is 2.26. The van der Waals surface area contributed by atoms with Gasteiger partial charge in [0.05, 0.1) is 12.7 Å². The number of H-pyrrole nitrogens is 1. The lowest BCUT2D eigenvalue weighted by Gasteiger charge is -2.19. The fourth-order valence-corrected chi connectivity index (χ4v) is 2.54. The van der Waals surface area contributed by atoms with Gasteiger partial charge in [0, 0.05) is 12.4 Å². The summed E-state index contributed by atoms with van der Waals surface area (Å²) in [4.78, 5) is 35.6. The molecule has 8 heteroatoms. The van der Waals surface area contributed by atoms with E-state index in [0.717, 1.165) is 0 Å². The summed E-state index contributed by atoms with van der Waals surface area (Å²) < 4.78 is 5.99. The molecule has 0 aliphatic carbocycles. The van der Waals surface area contributed by atoms with Crippen molar-refractivity contribution in [1.82, 2.24) is 14.8 Å². The van der Waals surface area contributed by atoms with Gasteiger partial charge in [-0.1, -0.05) is 30.3 Å². The number of methoxy groups -OCH3 is 1. The monoisotopic (exact) mass is 327 g/mol. The Bertz CT molecular complexity index is 928. The molecular formula is C16H13N3O5. The summed E-state index contributed by atoms with van der Waals surface area (Å²) >= 11 is 0. The second kappa shape index (κ2) is 5.99. The Labute approximate surface area is 135 Å². The Kier molecular flexibility index (Phi) is 3.87. The Morgan fingerprint density at radius 2 is 1.96 bits per heavy atom. The zero-order chi connectivity index (χ0) is 17.3. The Hall–Kier alpha value is -3.42. The maximum atomic E-state index is 12.0. The standard InChI is InChI=1S/C16H13N3O5/c1-24-16(23)11-8-19(7-10-12(11)17-18-14(10)20)13(15(21)22)9-5-3-2-4-6-9/h2-8,13H,1H3,(H,18,20)(H,21,22)/t13-/m0/s1. The number of nitrogens with zero attached hydrogens (tertiary/aromatic N) is 2. The fraction of sp³-hybridized carbons (Fsp3) is 0.125. The van der Waals surface area contributed by atoms with Crippen LogP contribution in [0.25, 0.3) is 11.3 Å². The number of esters is 1. The number of fused-ring (bicyclic) bond motifs is 1. The summed E-state index contributed by atoms with van der Waals surface area (Å²) in [6.07, 6.45) is 2.68. The van der Waals surface area contributed by atoms with E-state index >= 15 is 0 Å². The van der Waals surface area contributed by atoms with E-state index in [1.165, 1.54) is 24.1 Å². The molecule has 2 heterocycles. The van der Waals surface area contributed by atoms with Crippen molar-refractivity contribution >= 4 is 11.9 Å². The van der Waals surface area contributed by atoms with Crippen LogP contribution in [0.3, 0.4) is 0 Å². The maximum absolute atomic E-state index is 12.0. The fourth-order valence-electron chi connectivity index (χ4n) is 2.54. The summed E-state index contributed by atoms with van der Waals surface area (Å²) in [7, 11) is 1.20. The Morgan fingerprint density at radius 3 is 2.58 bits per heavy atom. The molecule has 0 saturated heterocycles. The number of aliphatic carboxylic acids is 1. The molecular weight excluding hydrogens is 314 g/mol. The minimum absolute atomic E-state index is 0.00975. The zero-order valence-electron chi connectivity index (χ0n) is 12.6. The average molecular weight is 327 g/mol. The van der Waals surface area contributed by atoms with Crippen molar-refractivity contribution in [3.8, 4) is 11.3 Å².